The Hall–Kier alpha value is -1.40. The summed E-state index contributed by atoms with van der Waals surface area (Å²) in [5.74, 6) is 0.128. The second kappa shape index (κ2) is 7.40. The molecule has 110 valence electrons. The average molecular weight is 296 g/mol. The van der Waals surface area contributed by atoms with Gasteiger partial charge in [-0.3, -0.25) is 4.79 Å². The van der Waals surface area contributed by atoms with E-state index < -0.39 is 5.97 Å². The van der Waals surface area contributed by atoms with Crippen molar-refractivity contribution >= 4 is 28.9 Å². The summed E-state index contributed by atoms with van der Waals surface area (Å²) in [6.45, 7) is 2.08. The van der Waals surface area contributed by atoms with Crippen molar-refractivity contribution in [2.75, 3.05) is 25.5 Å². The molecule has 1 saturated heterocycles. The Labute approximate surface area is 122 Å². The number of carbonyl (C=O) groups is 2. The highest BCUT2D eigenvalue weighted by Crippen LogP contribution is 2.24. The zero-order valence-corrected chi connectivity index (χ0v) is 12.4. The van der Waals surface area contributed by atoms with Crippen LogP contribution in [0.1, 0.15) is 35.4 Å². The lowest BCUT2D eigenvalue weighted by molar-refractivity contribution is -0.116. The molecule has 2 rings (SSSR count). The van der Waals surface area contributed by atoms with E-state index in [9.17, 15) is 9.59 Å². The molecule has 1 atom stereocenters. The summed E-state index contributed by atoms with van der Waals surface area (Å²) in [6.07, 6.45) is 3.74. The number of nitrogens with one attached hydrogen (secondary N) is 2. The fourth-order valence-corrected chi connectivity index (χ4v) is 3.14. The number of anilines is 1. The minimum atomic E-state index is -0.410. The van der Waals surface area contributed by atoms with Crippen LogP contribution in [0.4, 0.5) is 5.69 Å². The highest BCUT2D eigenvalue weighted by Gasteiger charge is 2.17. The second-order valence-corrected chi connectivity index (χ2v) is 5.87. The lowest BCUT2D eigenvalue weighted by Gasteiger charge is -2.22. The molecular weight excluding hydrogens is 276 g/mol. The summed E-state index contributed by atoms with van der Waals surface area (Å²) < 4.78 is 4.68. The fraction of sp³-hybridized carbons (Fsp3) is 0.571. The summed E-state index contributed by atoms with van der Waals surface area (Å²) in [7, 11) is 1.34. The fourth-order valence-electron chi connectivity index (χ4n) is 2.38. The van der Waals surface area contributed by atoms with Crippen molar-refractivity contribution in [1.29, 1.82) is 0 Å². The first-order chi connectivity index (χ1) is 9.70. The number of methoxy groups -OCH3 is 1. The number of thiophene rings is 1. The minimum Gasteiger partial charge on any atom is -0.465 e. The van der Waals surface area contributed by atoms with Crippen molar-refractivity contribution in [3.63, 3.8) is 0 Å². The zero-order chi connectivity index (χ0) is 14.4. The summed E-state index contributed by atoms with van der Waals surface area (Å²) in [4.78, 5) is 23.9. The normalized spacial score (nSPS) is 18.6. The Bertz CT molecular complexity index is 467. The van der Waals surface area contributed by atoms with Gasteiger partial charge in [0.25, 0.3) is 0 Å². The van der Waals surface area contributed by atoms with E-state index in [1.165, 1.54) is 31.3 Å². The zero-order valence-electron chi connectivity index (χ0n) is 11.6. The van der Waals surface area contributed by atoms with E-state index in [-0.39, 0.29) is 5.91 Å². The maximum atomic E-state index is 11.9. The highest BCUT2D eigenvalue weighted by atomic mass is 32.1. The molecule has 0 aromatic carbocycles. The number of esters is 1. The van der Waals surface area contributed by atoms with Gasteiger partial charge < -0.3 is 15.4 Å². The molecule has 5 nitrogen and oxygen atoms in total. The van der Waals surface area contributed by atoms with Crippen molar-refractivity contribution in [3.05, 3.63) is 16.3 Å². The molecule has 0 bridgehead atoms. The van der Waals surface area contributed by atoms with Crippen molar-refractivity contribution in [2.24, 2.45) is 5.92 Å². The van der Waals surface area contributed by atoms with Crippen molar-refractivity contribution in [2.45, 2.75) is 25.7 Å². The maximum Gasteiger partial charge on any atom is 0.350 e. The van der Waals surface area contributed by atoms with Crippen LogP contribution in [0.3, 0.4) is 0 Å². The smallest absolute Gasteiger partial charge is 0.350 e. The third kappa shape index (κ3) is 4.05. The number of amides is 1. The van der Waals surface area contributed by atoms with Crippen LogP contribution in [-0.4, -0.2) is 32.1 Å². The average Bonchev–Trinajstić information content (AvgIpc) is 2.93. The third-order valence-corrected chi connectivity index (χ3v) is 4.38. The molecule has 1 amide bonds. The molecule has 1 aliphatic rings. The van der Waals surface area contributed by atoms with Gasteiger partial charge in [0.2, 0.25) is 5.91 Å². The number of carbonyl (C=O) groups excluding carboxylic acids is 2. The Balaban J connectivity index is 1.82. The molecule has 1 unspecified atom stereocenters. The van der Waals surface area contributed by atoms with Gasteiger partial charge in [0, 0.05) is 6.42 Å². The van der Waals surface area contributed by atoms with Crippen LogP contribution >= 0.6 is 11.3 Å². The van der Waals surface area contributed by atoms with Crippen LogP contribution in [0.2, 0.25) is 0 Å². The van der Waals surface area contributed by atoms with Gasteiger partial charge in [0.05, 0.1) is 12.8 Å². The van der Waals surface area contributed by atoms with Crippen molar-refractivity contribution < 1.29 is 14.3 Å². The number of ether oxygens (including phenoxy) is 1. The van der Waals surface area contributed by atoms with E-state index >= 15 is 0 Å². The van der Waals surface area contributed by atoms with Crippen molar-refractivity contribution in [1.82, 2.24) is 5.32 Å². The Kier molecular flexibility index (Phi) is 5.55. The number of piperidine rings is 1. The first kappa shape index (κ1) is 15.0. The summed E-state index contributed by atoms with van der Waals surface area (Å²) in [6, 6.07) is 1.73. The van der Waals surface area contributed by atoms with Crippen LogP contribution in [0.25, 0.3) is 0 Å². The second-order valence-electron chi connectivity index (χ2n) is 4.95. The molecule has 0 saturated carbocycles. The van der Waals surface area contributed by atoms with E-state index in [0.29, 0.717) is 22.9 Å². The molecule has 20 heavy (non-hydrogen) atoms. The third-order valence-electron chi connectivity index (χ3n) is 3.49. The van der Waals surface area contributed by atoms with Gasteiger partial charge in [-0.15, -0.1) is 11.3 Å². The molecule has 0 radical (unpaired) electrons. The number of rotatable bonds is 5. The van der Waals surface area contributed by atoms with Crippen LogP contribution in [0.15, 0.2) is 11.4 Å². The number of hydrogen-bond acceptors (Lipinski definition) is 5. The highest BCUT2D eigenvalue weighted by molar-refractivity contribution is 7.12. The van der Waals surface area contributed by atoms with Crippen LogP contribution in [-0.2, 0) is 9.53 Å². The molecule has 1 aromatic heterocycles. The van der Waals surface area contributed by atoms with E-state index in [1.807, 2.05) is 0 Å². The lowest BCUT2D eigenvalue weighted by Crippen LogP contribution is -2.30. The van der Waals surface area contributed by atoms with Gasteiger partial charge in [-0.25, -0.2) is 4.79 Å². The molecule has 6 heteroatoms. The molecule has 1 aromatic rings. The van der Waals surface area contributed by atoms with E-state index in [2.05, 4.69) is 15.4 Å². The maximum absolute atomic E-state index is 11.9. The van der Waals surface area contributed by atoms with Gasteiger partial charge in [0.1, 0.15) is 4.88 Å². The molecule has 0 spiro atoms. The van der Waals surface area contributed by atoms with Gasteiger partial charge in [-0.2, -0.15) is 0 Å². The Morgan fingerprint density at radius 2 is 2.40 bits per heavy atom. The quantitative estimate of drug-likeness (QED) is 0.818. The predicted molar refractivity (Wildman–Crippen MR) is 79.1 cm³/mol. The largest absolute Gasteiger partial charge is 0.465 e. The summed E-state index contributed by atoms with van der Waals surface area (Å²) in [5.41, 5.74) is 0.550. The van der Waals surface area contributed by atoms with Crippen LogP contribution in [0.5, 0.6) is 0 Å². The van der Waals surface area contributed by atoms with E-state index in [4.69, 9.17) is 0 Å². The minimum absolute atomic E-state index is 0.0425. The number of hydrogen-bond donors (Lipinski definition) is 2. The molecule has 1 fully saturated rings. The SMILES string of the molecule is COC(=O)c1sccc1NC(=O)CCC1CCCNC1. The summed E-state index contributed by atoms with van der Waals surface area (Å²) >= 11 is 1.27. The molecule has 0 aliphatic carbocycles. The molecular formula is C14H20N2O3S. The van der Waals surface area contributed by atoms with Gasteiger partial charge >= 0.3 is 5.97 Å². The van der Waals surface area contributed by atoms with E-state index in [0.717, 1.165) is 19.5 Å². The molecule has 1 aliphatic heterocycles. The predicted octanol–water partition coefficient (Wildman–Crippen LogP) is 2.25. The van der Waals surface area contributed by atoms with Crippen LogP contribution < -0.4 is 10.6 Å². The monoisotopic (exact) mass is 296 g/mol. The Morgan fingerprint density at radius 3 is 3.10 bits per heavy atom. The van der Waals surface area contributed by atoms with E-state index in [1.54, 1.807) is 11.4 Å². The lowest BCUT2D eigenvalue weighted by atomic mass is 9.94. The van der Waals surface area contributed by atoms with Crippen LogP contribution in [0, 0.1) is 5.92 Å². The standard InChI is InChI=1S/C14H20N2O3S/c1-19-14(18)13-11(6-8-20-13)16-12(17)5-4-10-3-2-7-15-9-10/h6,8,10,15H,2-5,7,9H2,1H3,(H,16,17). The van der Waals surface area contributed by atoms with Gasteiger partial charge in [-0.05, 0) is 49.7 Å². The van der Waals surface area contributed by atoms with Gasteiger partial charge in [-0.1, -0.05) is 0 Å². The van der Waals surface area contributed by atoms with Crippen molar-refractivity contribution in [3.8, 4) is 0 Å². The first-order valence-corrected chi connectivity index (χ1v) is 7.75. The molecule has 2 heterocycles. The first-order valence-electron chi connectivity index (χ1n) is 6.87. The molecule has 2 N–H and O–H groups in total. The topological polar surface area (TPSA) is 67.4 Å². The van der Waals surface area contributed by atoms with Gasteiger partial charge in [0.15, 0.2) is 0 Å². The summed E-state index contributed by atoms with van der Waals surface area (Å²) in [5, 5.41) is 7.91. The Morgan fingerprint density at radius 1 is 1.55 bits per heavy atom.